The molecule has 0 aliphatic carbocycles. The van der Waals surface area contributed by atoms with Gasteiger partial charge in [-0.2, -0.15) is 0 Å². The first-order chi connectivity index (χ1) is 16.0. The number of rotatable bonds is 5. The number of hydrogen-bond acceptors (Lipinski definition) is 3. The number of aromatic nitrogens is 1. The van der Waals surface area contributed by atoms with E-state index in [0.29, 0.717) is 0 Å². The maximum absolute atomic E-state index is 11.8. The number of alkyl carbamates (subject to hydrolysis) is 1. The molecule has 2 aromatic rings. The molecule has 1 saturated heterocycles. The Balaban J connectivity index is 2.15. The van der Waals surface area contributed by atoms with Crippen molar-refractivity contribution in [1.29, 1.82) is 0 Å². The number of amides is 1. The van der Waals surface area contributed by atoms with Crippen LogP contribution in [0.3, 0.4) is 0 Å². The van der Waals surface area contributed by atoms with Gasteiger partial charge in [0.05, 0.1) is 10.1 Å². The number of hydrogen-bond donors (Lipinski definition) is 2. The molecule has 3 rings (SSSR count). The van der Waals surface area contributed by atoms with Crippen LogP contribution in [0.4, 0.5) is 4.79 Å². The minimum atomic E-state index is -3.35. The van der Waals surface area contributed by atoms with Crippen molar-refractivity contribution in [3.05, 3.63) is 35.5 Å². The van der Waals surface area contributed by atoms with Crippen molar-refractivity contribution in [3.63, 3.8) is 0 Å². The maximum atomic E-state index is 11.8. The molecule has 5 nitrogen and oxygen atoms in total. The molecule has 1 aromatic heterocycles. The summed E-state index contributed by atoms with van der Waals surface area (Å²) in [7, 11) is 0. The second-order valence-corrected chi connectivity index (χ2v) is 4.24. The molecule has 1 fully saturated rings. The van der Waals surface area contributed by atoms with E-state index in [1.54, 1.807) is 0 Å². The van der Waals surface area contributed by atoms with Crippen LogP contribution >= 0.6 is 0 Å². The predicted octanol–water partition coefficient (Wildman–Crippen LogP) is 1.92. The first-order valence-corrected chi connectivity index (χ1v) is 5.95. The fraction of sp³-hybridized carbons (Fsp3) is 0.438. The minimum absolute atomic E-state index is 0.0165. The minimum Gasteiger partial charge on any atom is -0.447 e. The van der Waals surface area contributed by atoms with Crippen LogP contribution in [-0.4, -0.2) is 49.0 Å². The number of nitrogens with zero attached hydrogens (tertiary/aromatic N) is 1. The van der Waals surface area contributed by atoms with E-state index in [0.717, 1.165) is 23.3 Å². The van der Waals surface area contributed by atoms with Gasteiger partial charge >= 0.3 is 6.09 Å². The number of aromatic amines is 1. The Morgan fingerprint density at radius 1 is 1.67 bits per heavy atom. The third kappa shape index (κ3) is 3.19. The van der Waals surface area contributed by atoms with Crippen LogP contribution in [0.25, 0.3) is 10.9 Å². The standard InChI is InChI=1S/C16H21N3O2/c1-19(2)6-5-12-9-17-15-4-3-11(8-14(12)15)7-13-10-21-16(20)18-13/h3-4,8-9,13,17H,5-7,10H2,1-2H3,(H,18,20)/t13-/m0/s1/i1D3,2D3,6D2,7D2,10D2,13D/hD2. The van der Waals surface area contributed by atoms with Crippen molar-refractivity contribution < 1.29 is 30.2 Å². The highest BCUT2D eigenvalue weighted by Crippen LogP contribution is 2.21. The molecule has 0 unspecified atom stereocenters. The maximum Gasteiger partial charge on any atom is 0.407 e. The van der Waals surface area contributed by atoms with Gasteiger partial charge < -0.3 is 19.9 Å². The number of H-pyrrole nitrogens is 1. The van der Waals surface area contributed by atoms with E-state index in [2.05, 4.69) is 4.74 Å². The summed E-state index contributed by atoms with van der Waals surface area (Å²) in [5.74, 6) is 0. The van der Waals surface area contributed by atoms with Crippen molar-refractivity contribution in [2.24, 2.45) is 0 Å². The van der Waals surface area contributed by atoms with E-state index < -0.39 is 57.5 Å². The second-order valence-electron chi connectivity index (χ2n) is 4.24. The van der Waals surface area contributed by atoms with Gasteiger partial charge in [0.1, 0.15) is 6.56 Å². The number of carbonyl (C=O) groups excluding carboxylic acids is 1. The molecule has 0 radical (unpaired) electrons. The molecule has 5 heteroatoms. The fourth-order valence-corrected chi connectivity index (χ4v) is 1.92. The van der Waals surface area contributed by atoms with Gasteiger partial charge in [-0.3, -0.25) is 0 Å². The summed E-state index contributed by atoms with van der Waals surface area (Å²) in [6.07, 6.45) is -4.44. The van der Waals surface area contributed by atoms with Gasteiger partial charge in [-0.15, -0.1) is 0 Å². The van der Waals surface area contributed by atoms with E-state index in [-0.39, 0.29) is 26.7 Å². The number of benzene rings is 1. The summed E-state index contributed by atoms with van der Waals surface area (Å²) in [4.78, 5) is 12.3. The van der Waals surface area contributed by atoms with Crippen LogP contribution in [0.15, 0.2) is 24.4 Å². The quantitative estimate of drug-likeness (QED) is 0.887. The van der Waals surface area contributed by atoms with Gasteiger partial charge in [-0.1, -0.05) is 6.07 Å². The molecule has 1 aliphatic heterocycles. The van der Waals surface area contributed by atoms with E-state index in [9.17, 15) is 4.79 Å². The number of aryl methyl sites for hydroxylation is 1. The Hall–Kier alpha value is -2.01. The predicted molar refractivity (Wildman–Crippen MR) is 82.5 cm³/mol. The highest BCUT2D eigenvalue weighted by atomic mass is 16.6. The lowest BCUT2D eigenvalue weighted by Crippen LogP contribution is -2.28. The van der Waals surface area contributed by atoms with Crippen molar-refractivity contribution in [2.75, 3.05) is 27.0 Å². The molecular formula is C16H21N3O2. The van der Waals surface area contributed by atoms with Crippen LogP contribution < -0.4 is 5.31 Å². The number of fused-ring (bicyclic) bond motifs is 1. The molecule has 0 saturated carbocycles. The van der Waals surface area contributed by atoms with Crippen molar-refractivity contribution in [1.82, 2.24) is 15.2 Å². The summed E-state index contributed by atoms with van der Waals surface area (Å²) >= 11 is 0. The monoisotopic (exact) mass is 302 g/mol. The molecule has 0 bridgehead atoms. The van der Waals surface area contributed by atoms with Gasteiger partial charge in [0.15, 0.2) is 2.82 Å². The molecule has 2 heterocycles. The SMILES string of the molecule is [2H]N1C(=O)OC([2H])([2H])[C@]1([2H])C([2H])([2H])c1ccc2c(c1)c(CC([2H])([2H])N(C([2H])([2H])[2H])C([2H])([2H])[2H])cn2[2H]. The average molecular weight is 302 g/mol. The van der Waals surface area contributed by atoms with Gasteiger partial charge in [-0.25, -0.2) is 4.79 Å². The van der Waals surface area contributed by atoms with Gasteiger partial charge in [0.2, 0.25) is 0 Å². The molecule has 112 valence electrons. The number of likely N-dealkylation sites (N-methyl/N-ethyl adjacent to an activating group) is 1. The number of nitrogens with one attached hydrogen (secondary N) is 2. The van der Waals surface area contributed by atoms with Crippen LogP contribution in [-0.2, 0) is 17.5 Å². The summed E-state index contributed by atoms with van der Waals surface area (Å²) in [6.45, 7) is -12.9. The highest BCUT2D eigenvalue weighted by Gasteiger charge is 2.22. The first kappa shape index (κ1) is 4.74. The topological polar surface area (TPSA) is 57.4 Å². The van der Waals surface area contributed by atoms with Crippen molar-refractivity contribution >= 4 is 17.0 Å². The Labute approximate surface area is 145 Å². The smallest absolute Gasteiger partial charge is 0.407 e. The van der Waals surface area contributed by atoms with Gasteiger partial charge in [0.25, 0.3) is 0 Å². The lowest BCUT2D eigenvalue weighted by atomic mass is 10.0. The average Bonchev–Trinajstić information content (AvgIpc) is 3.05. The lowest BCUT2D eigenvalue weighted by molar-refractivity contribution is 0.177. The van der Waals surface area contributed by atoms with Gasteiger partial charge in [0, 0.05) is 37.3 Å². The molecule has 1 aromatic carbocycles. The number of carbonyl (C=O) groups is 1. The second kappa shape index (κ2) is 5.77. The molecule has 1 aliphatic rings. The van der Waals surface area contributed by atoms with Crippen LogP contribution in [0, 0.1) is 0 Å². The molecule has 2 N–H and O–H groups in total. The zero-order chi connectivity index (χ0) is 27.9. The largest absolute Gasteiger partial charge is 0.447 e. The fourth-order valence-electron chi connectivity index (χ4n) is 1.92. The third-order valence-electron chi connectivity index (χ3n) is 2.83. The summed E-state index contributed by atoms with van der Waals surface area (Å²) in [5.41, 5.74) is -0.427. The Kier molecular flexibility index (Phi) is 1.30. The van der Waals surface area contributed by atoms with Crippen LogP contribution in [0.5, 0.6) is 0 Å². The Morgan fingerprint density at radius 2 is 2.57 bits per heavy atom. The normalized spacial score (nSPS) is 37.7. The van der Waals surface area contributed by atoms with E-state index in [4.69, 9.17) is 20.6 Å². The molecule has 1 atom stereocenters. The highest BCUT2D eigenvalue weighted by molar-refractivity contribution is 5.84. The number of ether oxygens (including phenoxy) is 1. The van der Waals surface area contributed by atoms with Crippen molar-refractivity contribution in [2.45, 2.75) is 18.8 Å². The van der Waals surface area contributed by atoms with E-state index in [1.807, 2.05) is 0 Å². The van der Waals surface area contributed by atoms with Crippen LogP contribution in [0.2, 0.25) is 2.82 Å². The van der Waals surface area contributed by atoms with Crippen molar-refractivity contribution in [3.8, 4) is 0 Å². The summed E-state index contributed by atoms with van der Waals surface area (Å²) in [6, 6.07) is 0.128. The molecule has 21 heavy (non-hydrogen) atoms. The Morgan fingerprint density at radius 3 is 3.33 bits per heavy atom. The molecule has 1 amide bonds. The summed E-state index contributed by atoms with van der Waals surface area (Å²) < 4.78 is 123. The van der Waals surface area contributed by atoms with E-state index in [1.165, 1.54) is 6.07 Å². The molecule has 0 spiro atoms. The Bertz CT molecular complexity index is 1170. The summed E-state index contributed by atoms with van der Waals surface area (Å²) in [5, 5.41) is -0.283. The number of cyclic esters (lactones) is 1. The first-order valence-electron chi connectivity index (χ1n) is 13.3. The zero-order valence-corrected chi connectivity index (χ0v) is 10.7. The third-order valence-corrected chi connectivity index (χ3v) is 2.83. The lowest BCUT2D eigenvalue weighted by Gasteiger charge is -2.09. The van der Waals surface area contributed by atoms with Gasteiger partial charge in [-0.05, 0) is 50.0 Å². The van der Waals surface area contributed by atoms with E-state index >= 15 is 0 Å². The van der Waals surface area contributed by atoms with Crippen LogP contribution in [0.1, 0.15) is 28.9 Å². The molecular weight excluding hydrogens is 266 g/mol. The zero-order valence-electron chi connectivity index (χ0n) is 25.7.